The summed E-state index contributed by atoms with van der Waals surface area (Å²) in [7, 11) is 0. The van der Waals surface area contributed by atoms with Gasteiger partial charge in [-0.05, 0) is 12.8 Å². The minimum atomic E-state index is 0.0441. The molecule has 0 aliphatic carbocycles. The number of piperidine rings is 1. The third kappa shape index (κ3) is 2.42. The Balaban J connectivity index is 1.77. The molecule has 3 fully saturated rings. The summed E-state index contributed by atoms with van der Waals surface area (Å²) in [6.07, 6.45) is 4.07. The third-order valence-corrected chi connectivity index (χ3v) is 4.49. The molecule has 104 valence electrons. The molecule has 0 aromatic heterocycles. The molecule has 0 aromatic rings. The van der Waals surface area contributed by atoms with Crippen LogP contribution >= 0.6 is 0 Å². The van der Waals surface area contributed by atoms with Crippen molar-refractivity contribution in [3.8, 4) is 0 Å². The smallest absolute Gasteiger partial charge is 0.141 e. The number of likely N-dealkylation sites (tertiary alicyclic amines) is 1. The highest BCUT2D eigenvalue weighted by Gasteiger charge is 2.43. The van der Waals surface area contributed by atoms with E-state index in [1.165, 1.54) is 32.4 Å². The molecule has 0 aromatic carbocycles. The summed E-state index contributed by atoms with van der Waals surface area (Å²) >= 11 is 0. The molecule has 1 atom stereocenters. The Labute approximate surface area is 110 Å². The van der Waals surface area contributed by atoms with E-state index >= 15 is 0 Å². The second-order valence-corrected chi connectivity index (χ2v) is 5.57. The lowest BCUT2D eigenvalue weighted by molar-refractivity contribution is -0.131. The summed E-state index contributed by atoms with van der Waals surface area (Å²) < 4.78 is 5.51. The van der Waals surface area contributed by atoms with Crippen molar-refractivity contribution in [2.75, 3.05) is 59.0 Å². The summed E-state index contributed by atoms with van der Waals surface area (Å²) in [6, 6.07) is 0. The van der Waals surface area contributed by atoms with Gasteiger partial charge < -0.3 is 10.1 Å². The summed E-state index contributed by atoms with van der Waals surface area (Å²) in [5.74, 6) is 0.0441. The van der Waals surface area contributed by atoms with Crippen molar-refractivity contribution in [1.29, 1.82) is 0 Å². The van der Waals surface area contributed by atoms with E-state index in [2.05, 4.69) is 20.4 Å². The number of piperazine rings is 1. The largest absolute Gasteiger partial charge is 0.379 e. The van der Waals surface area contributed by atoms with E-state index in [9.17, 15) is 0 Å². The predicted octanol–water partition coefficient (Wildman–Crippen LogP) is -0.349. The van der Waals surface area contributed by atoms with Gasteiger partial charge in [-0.15, -0.1) is 0 Å². The number of nitrogens with one attached hydrogen (secondary N) is 2. The predicted molar refractivity (Wildman–Crippen MR) is 71.4 cm³/mol. The van der Waals surface area contributed by atoms with Crippen molar-refractivity contribution in [2.24, 2.45) is 0 Å². The van der Waals surface area contributed by atoms with Crippen LogP contribution in [-0.2, 0) is 4.74 Å². The van der Waals surface area contributed by atoms with E-state index in [0.29, 0.717) is 0 Å². The van der Waals surface area contributed by atoms with Crippen LogP contribution in [0.5, 0.6) is 0 Å². The van der Waals surface area contributed by atoms with E-state index < -0.39 is 0 Å². The van der Waals surface area contributed by atoms with Gasteiger partial charge in [0, 0.05) is 45.8 Å². The summed E-state index contributed by atoms with van der Waals surface area (Å²) in [4.78, 5) is 5.25. The van der Waals surface area contributed by atoms with Crippen LogP contribution in [0.2, 0.25) is 0 Å². The van der Waals surface area contributed by atoms with Gasteiger partial charge in [0.15, 0.2) is 0 Å². The molecule has 3 heterocycles. The Hall–Kier alpha value is -0.200. The molecular formula is C13H26N4O. The molecule has 0 spiro atoms. The van der Waals surface area contributed by atoms with Gasteiger partial charge in [-0.3, -0.25) is 15.1 Å². The Bertz CT molecular complexity index is 236. The molecule has 1 unspecified atom stereocenters. The van der Waals surface area contributed by atoms with E-state index in [4.69, 9.17) is 4.74 Å². The Morgan fingerprint density at radius 3 is 2.22 bits per heavy atom. The molecule has 3 aliphatic rings. The van der Waals surface area contributed by atoms with Crippen LogP contribution in [0.15, 0.2) is 0 Å². The molecule has 2 N–H and O–H groups in total. The number of hydrogen-bond donors (Lipinski definition) is 2. The quantitative estimate of drug-likeness (QED) is 0.705. The summed E-state index contributed by atoms with van der Waals surface area (Å²) in [5, 5.41) is 7.39. The Kier molecular flexibility index (Phi) is 4.16. The molecule has 3 saturated heterocycles. The van der Waals surface area contributed by atoms with Gasteiger partial charge in [-0.25, -0.2) is 0 Å². The summed E-state index contributed by atoms with van der Waals surface area (Å²) in [6.45, 7) is 9.48. The Morgan fingerprint density at radius 1 is 0.833 bits per heavy atom. The van der Waals surface area contributed by atoms with Crippen LogP contribution in [0, 0.1) is 0 Å². The van der Waals surface area contributed by atoms with Gasteiger partial charge in [0.2, 0.25) is 0 Å². The fraction of sp³-hybridized carbons (Fsp3) is 1.00. The molecule has 0 bridgehead atoms. The fourth-order valence-corrected chi connectivity index (χ4v) is 3.52. The van der Waals surface area contributed by atoms with Gasteiger partial charge in [0.25, 0.3) is 0 Å². The van der Waals surface area contributed by atoms with Crippen molar-refractivity contribution < 1.29 is 4.74 Å². The fourth-order valence-electron chi connectivity index (χ4n) is 3.52. The molecule has 5 heteroatoms. The topological polar surface area (TPSA) is 39.8 Å². The molecule has 3 aliphatic heterocycles. The first-order chi connectivity index (χ1) is 8.92. The molecule has 0 saturated carbocycles. The van der Waals surface area contributed by atoms with Gasteiger partial charge in [-0.1, -0.05) is 6.42 Å². The van der Waals surface area contributed by atoms with Crippen molar-refractivity contribution >= 4 is 0 Å². The molecule has 5 nitrogen and oxygen atoms in total. The Morgan fingerprint density at radius 2 is 1.56 bits per heavy atom. The van der Waals surface area contributed by atoms with Crippen molar-refractivity contribution in [3.63, 3.8) is 0 Å². The first kappa shape index (κ1) is 12.8. The lowest BCUT2D eigenvalue weighted by Crippen LogP contribution is -2.77. The maximum absolute atomic E-state index is 5.51. The molecular weight excluding hydrogens is 228 g/mol. The van der Waals surface area contributed by atoms with Gasteiger partial charge in [-0.2, -0.15) is 0 Å². The third-order valence-electron chi connectivity index (χ3n) is 4.49. The summed E-state index contributed by atoms with van der Waals surface area (Å²) in [5.41, 5.74) is 0. The second-order valence-electron chi connectivity index (χ2n) is 5.57. The maximum Gasteiger partial charge on any atom is 0.141 e. The van der Waals surface area contributed by atoms with Crippen LogP contribution in [0.3, 0.4) is 0 Å². The number of morpholine rings is 1. The number of ether oxygens (including phenoxy) is 1. The van der Waals surface area contributed by atoms with Gasteiger partial charge >= 0.3 is 0 Å². The zero-order valence-electron chi connectivity index (χ0n) is 11.3. The van der Waals surface area contributed by atoms with Crippen molar-refractivity contribution in [3.05, 3.63) is 0 Å². The minimum absolute atomic E-state index is 0.0441. The van der Waals surface area contributed by atoms with Crippen LogP contribution in [0.4, 0.5) is 0 Å². The molecule has 3 rings (SSSR count). The van der Waals surface area contributed by atoms with Crippen LogP contribution in [-0.4, -0.2) is 74.6 Å². The highest BCUT2D eigenvalue weighted by atomic mass is 16.5. The number of nitrogens with zero attached hydrogens (tertiary/aromatic N) is 2. The molecule has 0 amide bonds. The first-order valence-corrected chi connectivity index (χ1v) is 7.45. The second kappa shape index (κ2) is 5.84. The highest BCUT2D eigenvalue weighted by Crippen LogP contribution is 2.24. The lowest BCUT2D eigenvalue weighted by Gasteiger charge is -2.55. The molecule has 0 radical (unpaired) electrons. The minimum Gasteiger partial charge on any atom is -0.379 e. The highest BCUT2D eigenvalue weighted by molar-refractivity contribution is 4.95. The van der Waals surface area contributed by atoms with E-state index in [-0.39, 0.29) is 5.79 Å². The van der Waals surface area contributed by atoms with E-state index in [1.807, 2.05) is 0 Å². The lowest BCUT2D eigenvalue weighted by atomic mass is 10.1. The van der Waals surface area contributed by atoms with Crippen LogP contribution in [0.1, 0.15) is 19.3 Å². The molecule has 18 heavy (non-hydrogen) atoms. The average Bonchev–Trinajstić information content (AvgIpc) is 2.50. The van der Waals surface area contributed by atoms with E-state index in [0.717, 1.165) is 45.9 Å². The van der Waals surface area contributed by atoms with E-state index in [1.54, 1.807) is 0 Å². The number of rotatable bonds is 2. The van der Waals surface area contributed by atoms with Crippen LogP contribution < -0.4 is 10.6 Å². The zero-order valence-corrected chi connectivity index (χ0v) is 11.3. The monoisotopic (exact) mass is 254 g/mol. The van der Waals surface area contributed by atoms with Crippen LogP contribution in [0.25, 0.3) is 0 Å². The maximum atomic E-state index is 5.51. The SMILES string of the molecule is C1CCN(C2(N3CCOCC3)CNCCN2)CC1. The average molecular weight is 254 g/mol. The normalized spacial score (nSPS) is 36.7. The van der Waals surface area contributed by atoms with Gasteiger partial charge in [0.1, 0.15) is 5.79 Å². The zero-order chi connectivity index (χ0) is 12.3. The first-order valence-electron chi connectivity index (χ1n) is 7.45. The van der Waals surface area contributed by atoms with Crippen molar-refractivity contribution in [2.45, 2.75) is 25.0 Å². The van der Waals surface area contributed by atoms with Crippen molar-refractivity contribution in [1.82, 2.24) is 20.4 Å². The van der Waals surface area contributed by atoms with Gasteiger partial charge in [0.05, 0.1) is 13.2 Å². The standard InChI is InChI=1S/C13H26N4O/c1-2-6-16(7-3-1)13(12-14-4-5-15-13)17-8-10-18-11-9-17/h14-15H,1-12H2. The number of hydrogen-bond acceptors (Lipinski definition) is 5.